The van der Waals surface area contributed by atoms with Gasteiger partial charge in [0.05, 0.1) is 18.3 Å². The first-order chi connectivity index (χ1) is 23.9. The molecule has 49 heavy (non-hydrogen) atoms. The predicted octanol–water partition coefficient (Wildman–Crippen LogP) is 6.38. The van der Waals surface area contributed by atoms with Gasteiger partial charge in [-0.2, -0.15) is 15.1 Å². The van der Waals surface area contributed by atoms with E-state index in [1.807, 2.05) is 11.1 Å². The van der Waals surface area contributed by atoms with Gasteiger partial charge in [0.15, 0.2) is 5.75 Å². The number of benzene rings is 2. The summed E-state index contributed by atoms with van der Waals surface area (Å²) in [4.78, 5) is 29.7. The Bertz CT molecular complexity index is 1920. The fourth-order valence-electron chi connectivity index (χ4n) is 8.74. The number of hydrogen-bond donors (Lipinski definition) is 1. The number of nitrogens with zero attached hydrogens (tertiary/aromatic N) is 6. The highest BCUT2D eigenvalue weighted by atomic mass is 16.5. The molecule has 1 amide bonds. The number of ether oxygens (including phenoxy) is 2. The molecular formula is C39H47N7O3. The highest BCUT2D eigenvalue weighted by Gasteiger charge is 2.46. The molecule has 5 fully saturated rings. The minimum atomic E-state index is 0.0350. The molecule has 5 heterocycles. The maximum Gasteiger partial charge on any atom is 0.319 e. The van der Waals surface area contributed by atoms with E-state index in [4.69, 9.17) is 19.4 Å². The van der Waals surface area contributed by atoms with Crippen molar-refractivity contribution < 1.29 is 14.3 Å². The first-order valence-corrected chi connectivity index (χ1v) is 18.4. The van der Waals surface area contributed by atoms with E-state index in [-0.39, 0.29) is 17.4 Å². The van der Waals surface area contributed by atoms with Gasteiger partial charge in [-0.3, -0.25) is 9.89 Å². The van der Waals surface area contributed by atoms with Crippen LogP contribution in [0, 0.1) is 12.3 Å². The predicted molar refractivity (Wildman–Crippen MR) is 191 cm³/mol. The quantitative estimate of drug-likeness (QED) is 0.207. The minimum absolute atomic E-state index is 0.0350. The molecule has 0 bridgehead atoms. The van der Waals surface area contributed by atoms with Crippen LogP contribution in [0.3, 0.4) is 0 Å². The van der Waals surface area contributed by atoms with Crippen molar-refractivity contribution in [2.45, 2.75) is 83.3 Å². The van der Waals surface area contributed by atoms with Crippen molar-refractivity contribution in [1.82, 2.24) is 30.0 Å². The maximum absolute atomic E-state index is 12.2. The SMILES string of the molecule is C=CC(=O)N1CC2(CCN(c3nc(OC4CCN(C5CC5)CC4)nc4c(OCC)c(-c5c(C)ccc6[nH]ncc56)c(C5CC5)cc34)CC2)C1. The zero-order chi connectivity index (χ0) is 33.3. The number of likely N-dealkylation sites (tertiary alicyclic amines) is 2. The van der Waals surface area contributed by atoms with Crippen molar-refractivity contribution >= 4 is 33.5 Å². The summed E-state index contributed by atoms with van der Waals surface area (Å²) in [6.45, 7) is 14.0. The zero-order valence-corrected chi connectivity index (χ0v) is 28.8. The molecule has 2 aromatic heterocycles. The van der Waals surface area contributed by atoms with Gasteiger partial charge in [-0.05, 0) is 106 Å². The van der Waals surface area contributed by atoms with E-state index in [9.17, 15) is 4.79 Å². The van der Waals surface area contributed by atoms with Crippen LogP contribution in [0.5, 0.6) is 11.8 Å². The van der Waals surface area contributed by atoms with Crippen molar-refractivity contribution in [3.05, 3.63) is 48.2 Å². The molecule has 10 nitrogen and oxygen atoms in total. The Hall–Kier alpha value is -4.18. The maximum atomic E-state index is 12.2. The number of nitrogens with one attached hydrogen (secondary N) is 1. The second kappa shape index (κ2) is 12.0. The van der Waals surface area contributed by atoms with Crippen molar-refractivity contribution in [3.63, 3.8) is 0 Å². The van der Waals surface area contributed by atoms with Gasteiger partial charge >= 0.3 is 6.01 Å². The molecule has 9 rings (SSSR count). The van der Waals surface area contributed by atoms with E-state index in [0.29, 0.717) is 18.5 Å². The fraction of sp³-hybridized carbons (Fsp3) is 0.538. The number of aryl methyl sites for hydroxylation is 1. The van der Waals surface area contributed by atoms with E-state index in [2.05, 4.69) is 58.6 Å². The van der Waals surface area contributed by atoms with Gasteiger partial charge in [0.25, 0.3) is 0 Å². The summed E-state index contributed by atoms with van der Waals surface area (Å²) < 4.78 is 13.4. The van der Waals surface area contributed by atoms with Crippen molar-refractivity contribution in [3.8, 4) is 22.9 Å². The number of H-pyrrole nitrogens is 1. The Morgan fingerprint density at radius 2 is 1.80 bits per heavy atom. The zero-order valence-electron chi connectivity index (χ0n) is 28.8. The van der Waals surface area contributed by atoms with Gasteiger partial charge in [-0.15, -0.1) is 0 Å². The number of piperidine rings is 2. The Balaban J connectivity index is 1.15. The molecule has 1 spiro atoms. The lowest BCUT2D eigenvalue weighted by Crippen LogP contribution is -2.61. The number of carbonyl (C=O) groups is 1. The summed E-state index contributed by atoms with van der Waals surface area (Å²) in [5.74, 6) is 2.26. The topological polar surface area (TPSA) is 99.7 Å². The van der Waals surface area contributed by atoms with Crippen LogP contribution in [0.4, 0.5) is 5.82 Å². The molecule has 3 aliphatic heterocycles. The second-order valence-electron chi connectivity index (χ2n) is 15.2. The Labute approximate surface area is 287 Å². The van der Waals surface area contributed by atoms with Gasteiger partial charge in [0.2, 0.25) is 5.91 Å². The van der Waals surface area contributed by atoms with Crippen LogP contribution in [0.1, 0.15) is 75.3 Å². The van der Waals surface area contributed by atoms with E-state index >= 15 is 0 Å². The number of anilines is 1. The normalized spacial score (nSPS) is 21.3. The van der Waals surface area contributed by atoms with Crippen LogP contribution < -0.4 is 14.4 Å². The Morgan fingerprint density at radius 3 is 2.49 bits per heavy atom. The van der Waals surface area contributed by atoms with Gasteiger partial charge in [0.1, 0.15) is 17.4 Å². The summed E-state index contributed by atoms with van der Waals surface area (Å²) in [5, 5.41) is 9.75. The van der Waals surface area contributed by atoms with Gasteiger partial charge in [-0.25, -0.2) is 0 Å². The molecule has 1 N–H and O–H groups in total. The number of fused-ring (bicyclic) bond motifs is 2. The van der Waals surface area contributed by atoms with Crippen molar-refractivity contribution in [2.75, 3.05) is 50.8 Å². The molecule has 4 aromatic rings. The molecular weight excluding hydrogens is 614 g/mol. The third-order valence-electron chi connectivity index (χ3n) is 11.8. The van der Waals surface area contributed by atoms with Crippen LogP contribution in [0.15, 0.2) is 37.1 Å². The van der Waals surface area contributed by atoms with Crippen LogP contribution in [-0.2, 0) is 4.79 Å². The number of aromatic amines is 1. The summed E-state index contributed by atoms with van der Waals surface area (Å²) in [6, 6.07) is 7.88. The molecule has 3 saturated heterocycles. The van der Waals surface area contributed by atoms with E-state index in [0.717, 1.165) is 128 Å². The summed E-state index contributed by atoms with van der Waals surface area (Å²) in [7, 11) is 0. The molecule has 0 radical (unpaired) electrons. The molecule has 0 atom stereocenters. The monoisotopic (exact) mass is 661 g/mol. The van der Waals surface area contributed by atoms with Crippen molar-refractivity contribution in [1.29, 1.82) is 0 Å². The number of rotatable bonds is 9. The summed E-state index contributed by atoms with van der Waals surface area (Å²) >= 11 is 0. The lowest BCUT2D eigenvalue weighted by atomic mass is 9.72. The highest BCUT2D eigenvalue weighted by Crippen LogP contribution is 2.53. The van der Waals surface area contributed by atoms with Gasteiger partial charge in [0, 0.05) is 67.1 Å². The fourth-order valence-corrected chi connectivity index (χ4v) is 8.74. The van der Waals surface area contributed by atoms with Crippen LogP contribution in [0.25, 0.3) is 32.9 Å². The van der Waals surface area contributed by atoms with E-state index in [1.165, 1.54) is 30.0 Å². The number of hydrogen-bond acceptors (Lipinski definition) is 8. The molecule has 0 unspecified atom stereocenters. The number of amides is 1. The largest absolute Gasteiger partial charge is 0.491 e. The molecule has 2 aromatic carbocycles. The van der Waals surface area contributed by atoms with Crippen LogP contribution in [-0.4, -0.2) is 93.9 Å². The Morgan fingerprint density at radius 1 is 1.02 bits per heavy atom. The minimum Gasteiger partial charge on any atom is -0.491 e. The highest BCUT2D eigenvalue weighted by molar-refractivity contribution is 6.06. The number of carbonyl (C=O) groups excluding carboxylic acids is 1. The third kappa shape index (κ3) is 5.52. The van der Waals surface area contributed by atoms with Crippen LogP contribution >= 0.6 is 0 Å². The standard InChI is InChI=1S/C39H47N7O3/c1-4-32(47)46-22-39(23-46)14-18-45(19-15-39)37-29-20-28(25-7-8-25)34(33-24(3)6-11-31-30(33)21-40-43-31)36(48-5-2)35(29)41-38(42-37)49-27-12-16-44(17-13-27)26-9-10-26/h4,6,11,20-21,25-27H,1,5,7-10,12-19,22-23H2,2-3H3,(H,40,43). The second-order valence-corrected chi connectivity index (χ2v) is 15.2. The molecule has 2 aliphatic carbocycles. The van der Waals surface area contributed by atoms with Gasteiger partial charge in [-0.1, -0.05) is 12.6 Å². The molecule has 2 saturated carbocycles. The van der Waals surface area contributed by atoms with Crippen LogP contribution in [0.2, 0.25) is 0 Å². The number of aromatic nitrogens is 4. The van der Waals surface area contributed by atoms with Gasteiger partial charge < -0.3 is 24.2 Å². The average Bonchev–Trinajstić information content (AvgIpc) is 4.05. The summed E-state index contributed by atoms with van der Waals surface area (Å²) in [6.07, 6.45) is 12.5. The van der Waals surface area contributed by atoms with E-state index < -0.39 is 0 Å². The third-order valence-corrected chi connectivity index (χ3v) is 11.8. The molecule has 10 heteroatoms. The summed E-state index contributed by atoms with van der Waals surface area (Å²) in [5.41, 5.74) is 6.81. The van der Waals surface area contributed by atoms with E-state index in [1.54, 1.807) is 0 Å². The molecule has 256 valence electrons. The average molecular weight is 662 g/mol. The Kier molecular flexibility index (Phi) is 7.56. The van der Waals surface area contributed by atoms with Crippen molar-refractivity contribution in [2.24, 2.45) is 5.41 Å². The lowest BCUT2D eigenvalue weighted by molar-refractivity contribution is -0.139. The first kappa shape index (κ1) is 30.8. The smallest absolute Gasteiger partial charge is 0.319 e. The first-order valence-electron chi connectivity index (χ1n) is 18.4. The molecule has 5 aliphatic rings. The lowest BCUT2D eigenvalue weighted by Gasteiger charge is -2.54.